The van der Waals surface area contributed by atoms with E-state index in [1.807, 2.05) is 0 Å². The molecule has 5 rings (SSSR count). The van der Waals surface area contributed by atoms with E-state index in [1.54, 1.807) is 23.1 Å². The van der Waals surface area contributed by atoms with E-state index in [1.165, 1.54) is 24.3 Å². The Morgan fingerprint density at radius 1 is 1.26 bits per heavy atom. The first-order valence-electron chi connectivity index (χ1n) is 15.3. The standard InChI is InChI=1S/C29H37Cl2N11O5/c1-3-4-19(31)13-40-7-9-41(10-8-40)21(43)14-46-20-6-5-18(30)11-17(20)12-34-26-23-27(36-15-35-26)42(16-37-23)29-24(44)22(38-39-32)25(47-29)28(45)33-2/h5-6,11,15-16,19,22,24-25,29,44H,3-4,7-10,12-14H2,1-2H3,(H,33,45)(H,34,35,36)/t19?,22-,24+,25-,29+/m0/s1. The van der Waals surface area contributed by atoms with Crippen LogP contribution in [0.15, 0.2) is 36.0 Å². The number of piperazine rings is 1. The average molecular weight is 691 g/mol. The molecule has 2 aromatic heterocycles. The molecule has 252 valence electrons. The fraction of sp³-hybridized carbons (Fsp3) is 0.552. The largest absolute Gasteiger partial charge is 0.483 e. The van der Waals surface area contributed by atoms with Crippen molar-refractivity contribution in [2.45, 2.75) is 56.2 Å². The predicted molar refractivity (Wildman–Crippen MR) is 174 cm³/mol. The lowest BCUT2D eigenvalue weighted by atomic mass is 10.1. The zero-order valence-corrected chi connectivity index (χ0v) is 27.5. The van der Waals surface area contributed by atoms with Crippen molar-refractivity contribution in [3.05, 3.63) is 51.9 Å². The third kappa shape index (κ3) is 7.97. The number of ether oxygens (including phenoxy) is 2. The van der Waals surface area contributed by atoms with Gasteiger partial charge in [-0.3, -0.25) is 19.1 Å². The van der Waals surface area contributed by atoms with Crippen LogP contribution in [0.3, 0.4) is 0 Å². The number of likely N-dealkylation sites (N-methyl/N-ethyl adjacent to an activating group) is 1. The Morgan fingerprint density at radius 3 is 2.77 bits per heavy atom. The van der Waals surface area contributed by atoms with E-state index >= 15 is 0 Å². The quantitative estimate of drug-likeness (QED) is 0.104. The van der Waals surface area contributed by atoms with E-state index in [4.69, 9.17) is 38.2 Å². The maximum absolute atomic E-state index is 13.0. The molecule has 18 heteroatoms. The van der Waals surface area contributed by atoms with Gasteiger partial charge in [-0.2, -0.15) is 0 Å². The van der Waals surface area contributed by atoms with E-state index in [-0.39, 0.29) is 24.4 Å². The summed E-state index contributed by atoms with van der Waals surface area (Å²) in [5, 5.41) is 20.7. The number of aliphatic hydroxyl groups excluding tert-OH is 1. The molecule has 1 aromatic carbocycles. The van der Waals surface area contributed by atoms with Crippen molar-refractivity contribution in [1.82, 2.24) is 34.6 Å². The predicted octanol–water partition coefficient (Wildman–Crippen LogP) is 2.71. The summed E-state index contributed by atoms with van der Waals surface area (Å²) in [5.74, 6) is 0.210. The smallest absolute Gasteiger partial charge is 0.260 e. The van der Waals surface area contributed by atoms with Gasteiger partial charge in [-0.15, -0.1) is 11.6 Å². The minimum Gasteiger partial charge on any atom is -0.483 e. The fourth-order valence-electron chi connectivity index (χ4n) is 5.71. The van der Waals surface area contributed by atoms with Gasteiger partial charge in [0, 0.05) is 67.2 Å². The Balaban J connectivity index is 1.23. The number of alkyl halides is 1. The van der Waals surface area contributed by atoms with Crippen molar-refractivity contribution in [3.8, 4) is 5.75 Å². The molecule has 3 aromatic rings. The number of carbonyl (C=O) groups excluding carboxylic acids is 2. The van der Waals surface area contributed by atoms with Crippen molar-refractivity contribution in [1.29, 1.82) is 0 Å². The number of aromatic nitrogens is 4. The number of hydrogen-bond acceptors (Lipinski definition) is 11. The molecule has 0 spiro atoms. The first-order valence-corrected chi connectivity index (χ1v) is 16.1. The maximum atomic E-state index is 13.0. The number of anilines is 1. The van der Waals surface area contributed by atoms with Crippen LogP contribution in [0.1, 0.15) is 31.6 Å². The van der Waals surface area contributed by atoms with Crippen molar-refractivity contribution in [2.24, 2.45) is 5.11 Å². The highest BCUT2D eigenvalue weighted by atomic mass is 35.5. The molecule has 2 aliphatic rings. The molecule has 0 bridgehead atoms. The Hall–Kier alpha value is -3.92. The second-order valence-electron chi connectivity index (χ2n) is 11.3. The molecule has 4 heterocycles. The number of benzene rings is 1. The van der Waals surface area contributed by atoms with Crippen LogP contribution in [0.5, 0.6) is 5.75 Å². The first kappa shape index (κ1) is 34.4. The highest BCUT2D eigenvalue weighted by molar-refractivity contribution is 6.30. The van der Waals surface area contributed by atoms with Crippen molar-refractivity contribution in [2.75, 3.05) is 51.7 Å². The van der Waals surface area contributed by atoms with Crippen molar-refractivity contribution < 1.29 is 24.2 Å². The van der Waals surface area contributed by atoms with Crippen LogP contribution in [0.4, 0.5) is 5.82 Å². The first-order chi connectivity index (χ1) is 22.7. The molecule has 3 N–H and O–H groups in total. The molecule has 0 radical (unpaired) electrons. The van der Waals surface area contributed by atoms with Crippen LogP contribution in [0.25, 0.3) is 21.6 Å². The SMILES string of the molecule is CCCC(Cl)CN1CCN(C(=O)COc2ccc(Cl)cc2CNc2ncnc3c2ncn3[C@@H]2O[C@H](C(=O)NC)[C@@H](N=[N+]=[N-])[C@H]2O)CC1. The lowest BCUT2D eigenvalue weighted by Crippen LogP contribution is -2.51. The van der Waals surface area contributed by atoms with Crippen molar-refractivity contribution >= 4 is 52.0 Å². The number of hydrogen-bond donors (Lipinski definition) is 3. The fourth-order valence-corrected chi connectivity index (χ4v) is 6.31. The summed E-state index contributed by atoms with van der Waals surface area (Å²) in [5.41, 5.74) is 10.3. The topological polar surface area (TPSA) is 196 Å². The van der Waals surface area contributed by atoms with Gasteiger partial charge in [-0.25, -0.2) is 15.0 Å². The van der Waals surface area contributed by atoms with Gasteiger partial charge in [-0.1, -0.05) is 30.1 Å². The van der Waals surface area contributed by atoms with Gasteiger partial charge >= 0.3 is 0 Å². The average Bonchev–Trinajstić information content (AvgIpc) is 3.64. The lowest BCUT2D eigenvalue weighted by Gasteiger charge is -2.35. The van der Waals surface area contributed by atoms with Gasteiger partial charge in [0.15, 0.2) is 29.8 Å². The number of nitrogens with one attached hydrogen (secondary N) is 2. The Labute approximate surface area is 281 Å². The van der Waals surface area contributed by atoms with Gasteiger partial charge in [0.05, 0.1) is 6.33 Å². The zero-order chi connectivity index (χ0) is 33.5. The van der Waals surface area contributed by atoms with E-state index in [0.29, 0.717) is 46.4 Å². The lowest BCUT2D eigenvalue weighted by molar-refractivity contribution is -0.135. The molecule has 16 nitrogen and oxygen atoms in total. The molecule has 2 amide bonds. The summed E-state index contributed by atoms with van der Waals surface area (Å²) >= 11 is 12.7. The highest BCUT2D eigenvalue weighted by Crippen LogP contribution is 2.34. The number of halogens is 2. The van der Waals surface area contributed by atoms with Crippen LogP contribution in [-0.4, -0.2) is 116 Å². The van der Waals surface area contributed by atoms with Gasteiger partial charge in [-0.05, 0) is 30.2 Å². The van der Waals surface area contributed by atoms with Crippen LogP contribution in [-0.2, 0) is 20.9 Å². The van der Waals surface area contributed by atoms with E-state index in [0.717, 1.165) is 32.5 Å². The number of aliphatic hydroxyl groups is 1. The number of imidazole rings is 1. The molecule has 47 heavy (non-hydrogen) atoms. The number of nitrogens with zero attached hydrogens (tertiary/aromatic N) is 9. The molecule has 0 aliphatic carbocycles. The summed E-state index contributed by atoms with van der Waals surface area (Å²) in [6.45, 7) is 5.81. The van der Waals surface area contributed by atoms with Crippen LogP contribution in [0, 0.1) is 0 Å². The van der Waals surface area contributed by atoms with Crippen LogP contribution in [0.2, 0.25) is 5.02 Å². The van der Waals surface area contributed by atoms with Gasteiger partial charge in [0.1, 0.15) is 30.3 Å². The van der Waals surface area contributed by atoms with E-state index < -0.39 is 30.4 Å². The summed E-state index contributed by atoms with van der Waals surface area (Å²) in [7, 11) is 1.42. The second kappa shape index (κ2) is 15.8. The molecule has 0 saturated carbocycles. The number of rotatable bonds is 13. The summed E-state index contributed by atoms with van der Waals surface area (Å²) in [6.07, 6.45) is 1.07. The Morgan fingerprint density at radius 2 is 2.04 bits per heavy atom. The number of amides is 2. The normalized spacial score (nSPS) is 22.1. The second-order valence-corrected chi connectivity index (χ2v) is 12.3. The molecule has 5 atom stereocenters. The number of fused-ring (bicyclic) bond motifs is 1. The Bertz CT molecular complexity index is 1610. The van der Waals surface area contributed by atoms with Crippen LogP contribution >= 0.6 is 23.2 Å². The Kier molecular flexibility index (Phi) is 11.6. The summed E-state index contributed by atoms with van der Waals surface area (Å²) in [6, 6.07) is 3.98. The summed E-state index contributed by atoms with van der Waals surface area (Å²) < 4.78 is 13.2. The number of azide groups is 1. The minimum atomic E-state index is -1.35. The third-order valence-electron chi connectivity index (χ3n) is 8.16. The molecule has 2 fully saturated rings. The van der Waals surface area contributed by atoms with Gasteiger partial charge in [0.2, 0.25) is 5.91 Å². The minimum absolute atomic E-state index is 0.102. The molecular weight excluding hydrogens is 653 g/mol. The van der Waals surface area contributed by atoms with Crippen molar-refractivity contribution in [3.63, 3.8) is 0 Å². The van der Waals surface area contributed by atoms with Crippen LogP contribution < -0.4 is 15.4 Å². The zero-order valence-electron chi connectivity index (χ0n) is 26.0. The number of carbonyl (C=O) groups is 2. The van der Waals surface area contributed by atoms with E-state index in [9.17, 15) is 14.7 Å². The molecule has 2 aliphatic heterocycles. The van der Waals surface area contributed by atoms with Gasteiger partial charge in [0.25, 0.3) is 5.91 Å². The molecule has 2 saturated heterocycles. The maximum Gasteiger partial charge on any atom is 0.260 e. The third-order valence-corrected chi connectivity index (χ3v) is 8.76. The monoisotopic (exact) mass is 689 g/mol. The highest BCUT2D eigenvalue weighted by Gasteiger charge is 2.48. The van der Waals surface area contributed by atoms with E-state index in [2.05, 4.69) is 47.4 Å². The molecular formula is C29H37Cl2N11O5. The van der Waals surface area contributed by atoms with Gasteiger partial charge < -0.3 is 30.1 Å². The summed E-state index contributed by atoms with van der Waals surface area (Å²) in [4.78, 5) is 45.2. The molecule has 1 unspecified atom stereocenters.